The lowest BCUT2D eigenvalue weighted by atomic mass is 10.0. The fourth-order valence-electron chi connectivity index (χ4n) is 3.79. The molecule has 1 aliphatic carbocycles. The maximum absolute atomic E-state index is 9.55. The second-order valence-corrected chi connectivity index (χ2v) is 11.3. The van der Waals surface area contributed by atoms with Gasteiger partial charge in [0.05, 0.1) is 5.69 Å². The molecule has 4 rings (SSSR count). The second-order valence-electron chi connectivity index (χ2n) is 7.33. The van der Waals surface area contributed by atoms with Crippen LogP contribution in [-0.2, 0) is 0 Å². The summed E-state index contributed by atoms with van der Waals surface area (Å²) in [6.45, 7) is 0. The third kappa shape index (κ3) is 4.37. The van der Waals surface area contributed by atoms with Crippen LogP contribution in [0.4, 0.5) is 5.69 Å². The first-order chi connectivity index (χ1) is 13.8. The molecule has 0 amide bonds. The van der Waals surface area contributed by atoms with Crippen molar-refractivity contribution in [3.8, 4) is 0 Å². The monoisotopic (exact) mass is 406 g/mol. The van der Waals surface area contributed by atoms with E-state index in [1.165, 1.54) is 37.0 Å². The number of para-hydroxylation sites is 1. The van der Waals surface area contributed by atoms with Crippen LogP contribution in [0.3, 0.4) is 0 Å². The number of thioether (sulfide) groups is 1. The van der Waals surface area contributed by atoms with Gasteiger partial charge in [0.2, 0.25) is 0 Å². The van der Waals surface area contributed by atoms with Gasteiger partial charge in [-0.05, 0) is 25.0 Å². The van der Waals surface area contributed by atoms with E-state index in [1.54, 1.807) is 0 Å². The highest BCUT2D eigenvalue weighted by Crippen LogP contribution is 2.47. The van der Waals surface area contributed by atoms with Gasteiger partial charge >= 0.3 is 0 Å². The molecule has 0 bridgehead atoms. The van der Waals surface area contributed by atoms with E-state index < -0.39 is 7.21 Å². The molecule has 0 aromatic heterocycles. The average molecular weight is 407 g/mol. The van der Waals surface area contributed by atoms with Crippen LogP contribution in [0.5, 0.6) is 0 Å². The summed E-state index contributed by atoms with van der Waals surface area (Å²) in [6.07, 6.45) is 6.67. The van der Waals surface area contributed by atoms with Crippen LogP contribution in [0.15, 0.2) is 89.8 Å². The third-order valence-electron chi connectivity index (χ3n) is 5.31. The molecule has 2 nitrogen and oxygen atoms in total. The fourth-order valence-corrected chi connectivity index (χ4v) is 7.54. The quantitative estimate of drug-likeness (QED) is 0.438. The summed E-state index contributed by atoms with van der Waals surface area (Å²) in [5.74, 6) is 0. The zero-order valence-electron chi connectivity index (χ0n) is 16.1. The number of benzene rings is 3. The lowest BCUT2D eigenvalue weighted by Crippen LogP contribution is -2.21. The van der Waals surface area contributed by atoms with Crippen molar-refractivity contribution in [1.29, 1.82) is 5.16 Å². The molecule has 0 aliphatic heterocycles. The minimum absolute atomic E-state index is 0.698. The minimum atomic E-state index is -2.49. The molecular formula is C24H27N2PS. The molecule has 3 aromatic rings. The van der Waals surface area contributed by atoms with E-state index >= 15 is 0 Å². The van der Waals surface area contributed by atoms with Crippen LogP contribution in [0, 0.1) is 5.16 Å². The highest BCUT2D eigenvalue weighted by atomic mass is 32.2. The Labute approximate surface area is 172 Å². The van der Waals surface area contributed by atoms with Crippen molar-refractivity contribution in [2.75, 3.05) is 5.09 Å². The Morgan fingerprint density at radius 3 is 1.86 bits per heavy atom. The van der Waals surface area contributed by atoms with Gasteiger partial charge < -0.3 is 5.09 Å². The molecule has 28 heavy (non-hydrogen) atoms. The Hall–Kier alpha value is -1.96. The predicted octanol–water partition coefficient (Wildman–Crippen LogP) is 6.87. The topological polar surface area (TPSA) is 35.9 Å². The van der Waals surface area contributed by atoms with Gasteiger partial charge in [-0.25, -0.2) is 0 Å². The van der Waals surface area contributed by atoms with Crippen LogP contribution in [0.1, 0.15) is 32.1 Å². The number of nitrogens with one attached hydrogen (secondary N) is 2. The molecule has 0 heterocycles. The predicted molar refractivity (Wildman–Crippen MR) is 125 cm³/mol. The third-order valence-corrected chi connectivity index (χ3v) is 9.44. The first-order valence-corrected chi connectivity index (χ1v) is 12.7. The SMILES string of the molecule is N=P(Nc1ccccc1SC1CCCCC1)(c1ccccc1)c1ccccc1. The molecule has 2 N–H and O–H groups in total. The zero-order chi connectivity index (χ0) is 19.2. The van der Waals surface area contributed by atoms with Crippen molar-refractivity contribution < 1.29 is 0 Å². The van der Waals surface area contributed by atoms with Gasteiger partial charge in [0.25, 0.3) is 0 Å². The summed E-state index contributed by atoms with van der Waals surface area (Å²) in [5.41, 5.74) is 1.09. The smallest absolute Gasteiger partial charge is 0.106 e. The van der Waals surface area contributed by atoms with E-state index in [-0.39, 0.29) is 0 Å². The molecule has 0 radical (unpaired) electrons. The number of rotatable bonds is 6. The van der Waals surface area contributed by atoms with Crippen molar-refractivity contribution >= 4 is 35.3 Å². The Balaban J connectivity index is 1.69. The molecule has 4 heteroatoms. The van der Waals surface area contributed by atoms with Gasteiger partial charge in [0.15, 0.2) is 0 Å². The van der Waals surface area contributed by atoms with Gasteiger partial charge in [-0.15, -0.1) is 11.8 Å². The lowest BCUT2D eigenvalue weighted by molar-refractivity contribution is 0.516. The Kier molecular flexibility index (Phi) is 6.24. The van der Waals surface area contributed by atoms with E-state index in [4.69, 9.17) is 0 Å². The number of anilines is 1. The standard InChI is InChI=1S/C24H27N2PS/c25-27(20-12-4-1-5-13-20,21-14-6-2-7-15-21)26-23-18-10-11-19-24(23)28-22-16-8-3-9-17-22/h1-2,4-7,10-15,18-19,22H,3,8-9,16-17H2,(H2,25,26). The van der Waals surface area contributed by atoms with E-state index in [1.807, 2.05) is 48.2 Å². The summed E-state index contributed by atoms with van der Waals surface area (Å²) >= 11 is 1.99. The van der Waals surface area contributed by atoms with Crippen LogP contribution < -0.4 is 15.7 Å². The molecule has 1 fully saturated rings. The minimum Gasteiger partial charge on any atom is -0.345 e. The number of hydrogen-bond donors (Lipinski definition) is 2. The Morgan fingerprint density at radius 2 is 1.25 bits per heavy atom. The normalized spacial score (nSPS) is 15.3. The molecule has 3 aromatic carbocycles. The highest BCUT2D eigenvalue weighted by molar-refractivity contribution is 8.00. The van der Waals surface area contributed by atoms with Crippen molar-refractivity contribution in [3.05, 3.63) is 84.9 Å². The van der Waals surface area contributed by atoms with E-state index in [2.05, 4.69) is 53.6 Å². The molecule has 0 unspecified atom stereocenters. The van der Waals surface area contributed by atoms with E-state index in [9.17, 15) is 5.16 Å². The summed E-state index contributed by atoms with van der Waals surface area (Å²) in [7, 11) is -2.49. The summed E-state index contributed by atoms with van der Waals surface area (Å²) in [5, 5.41) is 16.1. The number of hydrogen-bond acceptors (Lipinski definition) is 2. The van der Waals surface area contributed by atoms with Crippen molar-refractivity contribution in [3.63, 3.8) is 0 Å². The van der Waals surface area contributed by atoms with E-state index in [0.29, 0.717) is 5.25 Å². The van der Waals surface area contributed by atoms with Crippen LogP contribution in [0.25, 0.3) is 0 Å². The van der Waals surface area contributed by atoms with Gasteiger partial charge in [0.1, 0.15) is 7.21 Å². The maximum Gasteiger partial charge on any atom is 0.106 e. The molecule has 1 saturated carbocycles. The van der Waals surface area contributed by atoms with Gasteiger partial charge in [-0.1, -0.05) is 92.1 Å². The first-order valence-electron chi connectivity index (χ1n) is 10.0. The van der Waals surface area contributed by atoms with E-state index in [0.717, 1.165) is 16.3 Å². The molecule has 0 spiro atoms. The highest BCUT2D eigenvalue weighted by Gasteiger charge is 2.24. The maximum atomic E-state index is 9.55. The summed E-state index contributed by atoms with van der Waals surface area (Å²) < 4.78 is 0. The van der Waals surface area contributed by atoms with Crippen molar-refractivity contribution in [1.82, 2.24) is 0 Å². The molecule has 0 saturated heterocycles. The average Bonchev–Trinajstić information content (AvgIpc) is 2.77. The van der Waals surface area contributed by atoms with Gasteiger partial charge in [-0.3, -0.25) is 5.16 Å². The molecule has 144 valence electrons. The lowest BCUT2D eigenvalue weighted by Gasteiger charge is -2.28. The Bertz CT molecular complexity index is 894. The van der Waals surface area contributed by atoms with Crippen LogP contribution >= 0.6 is 19.0 Å². The second kappa shape index (κ2) is 9.03. The molecule has 1 aliphatic rings. The first kappa shape index (κ1) is 19.4. The molecular weight excluding hydrogens is 379 g/mol. The molecule has 0 atom stereocenters. The van der Waals surface area contributed by atoms with Crippen LogP contribution in [-0.4, -0.2) is 5.25 Å². The fraction of sp³-hybridized carbons (Fsp3) is 0.250. The van der Waals surface area contributed by atoms with Gasteiger partial charge in [0, 0.05) is 20.8 Å². The zero-order valence-corrected chi connectivity index (χ0v) is 17.8. The largest absolute Gasteiger partial charge is 0.345 e. The van der Waals surface area contributed by atoms with Crippen molar-refractivity contribution in [2.45, 2.75) is 42.2 Å². The summed E-state index contributed by atoms with van der Waals surface area (Å²) in [4.78, 5) is 1.28. The van der Waals surface area contributed by atoms with Gasteiger partial charge in [-0.2, -0.15) is 0 Å². The van der Waals surface area contributed by atoms with Crippen LogP contribution in [0.2, 0.25) is 0 Å². The van der Waals surface area contributed by atoms with Crippen molar-refractivity contribution in [2.24, 2.45) is 0 Å². The summed E-state index contributed by atoms with van der Waals surface area (Å²) in [6, 6.07) is 29.0. The Morgan fingerprint density at radius 1 is 0.714 bits per heavy atom.